The van der Waals surface area contributed by atoms with Crippen LogP contribution in [0.5, 0.6) is 5.75 Å². The Hall–Kier alpha value is -2.04. The molecule has 4 heteroatoms. The predicted octanol–water partition coefficient (Wildman–Crippen LogP) is 4.56. The normalized spacial score (nSPS) is 21.3. The van der Waals surface area contributed by atoms with Gasteiger partial charge in [-0.1, -0.05) is 30.3 Å². The molecule has 1 heterocycles. The van der Waals surface area contributed by atoms with Crippen LogP contribution in [0, 0.1) is 0 Å². The minimum Gasteiger partial charge on any atom is -0.485 e. The van der Waals surface area contributed by atoms with Crippen LogP contribution in [0.1, 0.15) is 38.0 Å². The molecule has 0 spiro atoms. The molecule has 0 bridgehead atoms. The van der Waals surface area contributed by atoms with Crippen LogP contribution in [0.25, 0.3) is 0 Å². The predicted molar refractivity (Wildman–Crippen MR) is 100 cm³/mol. The van der Waals surface area contributed by atoms with Gasteiger partial charge in [-0.25, -0.2) is 0 Å². The van der Waals surface area contributed by atoms with Gasteiger partial charge in [0, 0.05) is 24.9 Å². The van der Waals surface area contributed by atoms with Crippen LogP contribution >= 0.6 is 0 Å². The van der Waals surface area contributed by atoms with E-state index in [-0.39, 0.29) is 12.2 Å². The number of fused-ring (bicyclic) bond motifs is 1. The second kappa shape index (κ2) is 7.46. The number of ether oxygens (including phenoxy) is 3. The molecule has 0 radical (unpaired) electrons. The fourth-order valence-corrected chi connectivity index (χ4v) is 3.29. The third-order valence-corrected chi connectivity index (χ3v) is 4.56. The van der Waals surface area contributed by atoms with E-state index in [9.17, 15) is 0 Å². The Labute approximate surface area is 150 Å². The zero-order valence-electron chi connectivity index (χ0n) is 15.4. The van der Waals surface area contributed by atoms with E-state index in [0.717, 1.165) is 22.6 Å². The van der Waals surface area contributed by atoms with E-state index < -0.39 is 5.60 Å². The highest BCUT2D eigenvalue weighted by molar-refractivity contribution is 5.53. The Morgan fingerprint density at radius 3 is 2.52 bits per heavy atom. The number of rotatable bonds is 6. The summed E-state index contributed by atoms with van der Waals surface area (Å²) in [5.41, 5.74) is 2.73. The lowest BCUT2D eigenvalue weighted by Gasteiger charge is -2.44. The van der Waals surface area contributed by atoms with Gasteiger partial charge in [0.05, 0.1) is 6.61 Å². The Kier molecular flexibility index (Phi) is 5.30. The van der Waals surface area contributed by atoms with Gasteiger partial charge in [0.15, 0.2) is 0 Å². The molecule has 25 heavy (non-hydrogen) atoms. The summed E-state index contributed by atoms with van der Waals surface area (Å²) in [4.78, 5) is 0. The van der Waals surface area contributed by atoms with Gasteiger partial charge < -0.3 is 19.5 Å². The maximum absolute atomic E-state index is 6.31. The second-order valence-corrected chi connectivity index (χ2v) is 6.80. The molecule has 0 aliphatic carbocycles. The maximum Gasteiger partial charge on any atom is 0.132 e. The molecule has 2 atom stereocenters. The van der Waals surface area contributed by atoms with E-state index in [4.69, 9.17) is 14.2 Å². The molecular weight excluding hydrogens is 314 g/mol. The first-order chi connectivity index (χ1) is 12.0. The molecule has 1 N–H and O–H groups in total. The van der Waals surface area contributed by atoms with Crippen molar-refractivity contribution in [3.8, 4) is 5.75 Å². The number of hydrogen-bond donors (Lipinski definition) is 1. The summed E-state index contributed by atoms with van der Waals surface area (Å²) in [6, 6.07) is 16.3. The van der Waals surface area contributed by atoms with Crippen LogP contribution in [0.15, 0.2) is 48.5 Å². The zero-order valence-corrected chi connectivity index (χ0v) is 15.4. The summed E-state index contributed by atoms with van der Waals surface area (Å²) in [6.07, 6.45) is -0.368. The zero-order chi connectivity index (χ0) is 17.9. The minimum atomic E-state index is -0.483. The summed E-state index contributed by atoms with van der Waals surface area (Å²) < 4.78 is 18.7. The summed E-state index contributed by atoms with van der Waals surface area (Å²) in [7, 11) is 1.91. The van der Waals surface area contributed by atoms with Gasteiger partial charge in [-0.05, 0) is 44.5 Å². The summed E-state index contributed by atoms with van der Waals surface area (Å²) >= 11 is 0. The molecule has 1 aliphatic rings. The van der Waals surface area contributed by atoms with Crippen LogP contribution in [-0.4, -0.2) is 25.4 Å². The average molecular weight is 341 g/mol. The third kappa shape index (κ3) is 3.80. The molecule has 134 valence electrons. The van der Waals surface area contributed by atoms with Crippen LogP contribution in [0.2, 0.25) is 0 Å². The standard InChI is InChI=1S/C21H27NO3/c1-5-23-19-17-13-16(22-4)11-12-18(17)25-21(2,3)20(19)24-14-15-9-7-6-8-10-15/h6-13,19-20,22H,5,14H2,1-4H3. The lowest BCUT2D eigenvalue weighted by molar-refractivity contribution is -0.165. The van der Waals surface area contributed by atoms with E-state index in [1.807, 2.05) is 44.3 Å². The molecule has 1 aliphatic heterocycles. The van der Waals surface area contributed by atoms with E-state index in [0.29, 0.717) is 13.2 Å². The highest BCUT2D eigenvalue weighted by atomic mass is 16.6. The minimum absolute atomic E-state index is 0.166. The molecule has 0 fully saturated rings. The lowest BCUT2D eigenvalue weighted by Crippen LogP contribution is -2.51. The first-order valence-corrected chi connectivity index (χ1v) is 8.83. The number of nitrogens with one attached hydrogen (secondary N) is 1. The average Bonchev–Trinajstić information content (AvgIpc) is 2.61. The summed E-state index contributed by atoms with van der Waals surface area (Å²) in [5, 5.41) is 3.18. The largest absolute Gasteiger partial charge is 0.485 e. The van der Waals surface area contributed by atoms with Crippen LogP contribution < -0.4 is 10.1 Å². The molecule has 0 aromatic heterocycles. The highest BCUT2D eigenvalue weighted by Gasteiger charge is 2.45. The van der Waals surface area contributed by atoms with Crippen molar-refractivity contribution in [3.63, 3.8) is 0 Å². The van der Waals surface area contributed by atoms with Crippen LogP contribution in [-0.2, 0) is 16.1 Å². The number of benzene rings is 2. The Bertz CT molecular complexity index is 700. The first-order valence-electron chi connectivity index (χ1n) is 8.83. The molecule has 2 unspecified atom stereocenters. The topological polar surface area (TPSA) is 39.7 Å². The van der Waals surface area contributed by atoms with Gasteiger partial charge in [-0.2, -0.15) is 0 Å². The van der Waals surface area contributed by atoms with Gasteiger partial charge >= 0.3 is 0 Å². The number of hydrogen-bond acceptors (Lipinski definition) is 4. The van der Waals surface area contributed by atoms with Crippen LogP contribution in [0.4, 0.5) is 5.69 Å². The SMILES string of the molecule is CCOC1c2cc(NC)ccc2OC(C)(C)C1OCc1ccccc1. The van der Waals surface area contributed by atoms with Crippen LogP contribution in [0.3, 0.4) is 0 Å². The smallest absolute Gasteiger partial charge is 0.132 e. The molecule has 2 aromatic rings. The Morgan fingerprint density at radius 1 is 1.08 bits per heavy atom. The van der Waals surface area contributed by atoms with E-state index in [2.05, 4.69) is 37.4 Å². The van der Waals surface area contributed by atoms with E-state index >= 15 is 0 Å². The van der Waals surface area contributed by atoms with E-state index in [1.165, 1.54) is 0 Å². The van der Waals surface area contributed by atoms with Gasteiger partial charge in [0.25, 0.3) is 0 Å². The molecule has 0 amide bonds. The monoisotopic (exact) mass is 341 g/mol. The quantitative estimate of drug-likeness (QED) is 0.836. The first kappa shape index (κ1) is 17.8. The summed E-state index contributed by atoms with van der Waals surface area (Å²) in [5.74, 6) is 0.863. The molecule has 4 nitrogen and oxygen atoms in total. The highest BCUT2D eigenvalue weighted by Crippen LogP contribution is 2.44. The fourth-order valence-electron chi connectivity index (χ4n) is 3.29. The molecule has 2 aromatic carbocycles. The third-order valence-electron chi connectivity index (χ3n) is 4.56. The van der Waals surface area contributed by atoms with Gasteiger partial charge in [-0.15, -0.1) is 0 Å². The van der Waals surface area contributed by atoms with Crippen molar-refractivity contribution < 1.29 is 14.2 Å². The second-order valence-electron chi connectivity index (χ2n) is 6.80. The van der Waals surface area contributed by atoms with Crippen molar-refractivity contribution in [3.05, 3.63) is 59.7 Å². The van der Waals surface area contributed by atoms with Crippen molar-refractivity contribution in [2.45, 2.75) is 45.2 Å². The van der Waals surface area contributed by atoms with Gasteiger partial charge in [0.1, 0.15) is 23.6 Å². The van der Waals surface area contributed by atoms with Gasteiger partial charge in [0.2, 0.25) is 0 Å². The van der Waals surface area contributed by atoms with Gasteiger partial charge in [-0.3, -0.25) is 0 Å². The molecule has 0 saturated carbocycles. The molecular formula is C21H27NO3. The maximum atomic E-state index is 6.31. The fraction of sp³-hybridized carbons (Fsp3) is 0.429. The Balaban J connectivity index is 1.90. The van der Waals surface area contributed by atoms with Crippen molar-refractivity contribution in [2.75, 3.05) is 19.0 Å². The molecule has 0 saturated heterocycles. The van der Waals surface area contributed by atoms with Crippen molar-refractivity contribution in [1.82, 2.24) is 0 Å². The van der Waals surface area contributed by atoms with Crippen molar-refractivity contribution in [1.29, 1.82) is 0 Å². The van der Waals surface area contributed by atoms with Crippen molar-refractivity contribution >= 4 is 5.69 Å². The molecule has 3 rings (SSSR count). The summed E-state index contributed by atoms with van der Waals surface area (Å²) in [6.45, 7) is 7.28. The van der Waals surface area contributed by atoms with E-state index in [1.54, 1.807) is 0 Å². The Morgan fingerprint density at radius 2 is 1.84 bits per heavy atom. The number of anilines is 1. The van der Waals surface area contributed by atoms with Crippen molar-refractivity contribution in [2.24, 2.45) is 0 Å². The lowest BCUT2D eigenvalue weighted by atomic mass is 9.87.